The first-order valence-corrected chi connectivity index (χ1v) is 5.07. The Kier molecular flexibility index (Phi) is 4.77. The molecule has 1 aromatic rings. The molecule has 1 rings (SSSR count). The molecule has 86 valence electrons. The Morgan fingerprint density at radius 2 is 1.94 bits per heavy atom. The van der Waals surface area contributed by atoms with E-state index in [0.29, 0.717) is 0 Å². The lowest BCUT2D eigenvalue weighted by atomic mass is 10.2. The van der Waals surface area contributed by atoms with Crippen LogP contribution in [0.15, 0.2) is 33.7 Å². The summed E-state index contributed by atoms with van der Waals surface area (Å²) in [5.74, 6) is -1.40. The standard InChI is InChI=1S/C7H5N3O4S.ClH/c8-9-10-15(13,14)6-4-2-1-3-5(6)7(11)12;/h1-4H,(H,11,12);1H. The Labute approximate surface area is 96.8 Å². The molecule has 0 fully saturated rings. The number of halogens is 1. The molecule has 0 bridgehead atoms. The summed E-state index contributed by atoms with van der Waals surface area (Å²) in [6.45, 7) is 0. The van der Waals surface area contributed by atoms with E-state index in [2.05, 4.69) is 9.43 Å². The molecule has 16 heavy (non-hydrogen) atoms. The van der Waals surface area contributed by atoms with E-state index in [-0.39, 0.29) is 12.4 Å². The zero-order valence-corrected chi connectivity index (χ0v) is 9.27. The van der Waals surface area contributed by atoms with Crippen LogP contribution in [0.3, 0.4) is 0 Å². The fourth-order valence-electron chi connectivity index (χ4n) is 0.960. The fraction of sp³-hybridized carbons (Fsp3) is 0. The van der Waals surface area contributed by atoms with Crippen LogP contribution in [-0.2, 0) is 10.0 Å². The quantitative estimate of drug-likeness (QED) is 0.508. The van der Waals surface area contributed by atoms with Gasteiger partial charge in [0.15, 0.2) is 0 Å². The molecule has 7 nitrogen and oxygen atoms in total. The third kappa shape index (κ3) is 2.86. The zero-order valence-electron chi connectivity index (χ0n) is 7.64. The monoisotopic (exact) mass is 263 g/mol. The second-order valence-electron chi connectivity index (χ2n) is 2.45. The van der Waals surface area contributed by atoms with Gasteiger partial charge < -0.3 is 5.11 Å². The summed E-state index contributed by atoms with van der Waals surface area (Å²) >= 11 is 0. The molecule has 0 aromatic heterocycles. The van der Waals surface area contributed by atoms with Crippen LogP contribution in [0.2, 0.25) is 0 Å². The van der Waals surface area contributed by atoms with E-state index >= 15 is 0 Å². The van der Waals surface area contributed by atoms with Crippen molar-refractivity contribution in [2.24, 2.45) is 4.52 Å². The highest BCUT2D eigenvalue weighted by Gasteiger charge is 2.20. The minimum atomic E-state index is -4.26. The molecule has 0 aliphatic carbocycles. The summed E-state index contributed by atoms with van der Waals surface area (Å²) in [5, 5.41) is 8.70. The number of benzene rings is 1. The van der Waals surface area contributed by atoms with E-state index in [1.165, 1.54) is 12.1 Å². The number of azide groups is 1. The first-order chi connectivity index (χ1) is 6.99. The van der Waals surface area contributed by atoms with Gasteiger partial charge in [0, 0.05) is 9.43 Å². The number of rotatable bonds is 3. The van der Waals surface area contributed by atoms with E-state index in [1.807, 2.05) is 0 Å². The Balaban J connectivity index is 0.00000225. The van der Waals surface area contributed by atoms with Gasteiger partial charge in [-0.1, -0.05) is 12.1 Å². The maximum Gasteiger partial charge on any atom is 0.337 e. The lowest BCUT2D eigenvalue weighted by Gasteiger charge is -2.01. The van der Waals surface area contributed by atoms with E-state index in [1.54, 1.807) is 0 Å². The van der Waals surface area contributed by atoms with Crippen LogP contribution in [0.25, 0.3) is 10.4 Å². The van der Waals surface area contributed by atoms with Crippen LogP contribution in [0.5, 0.6) is 0 Å². The third-order valence-electron chi connectivity index (χ3n) is 1.54. The van der Waals surface area contributed by atoms with E-state index < -0.39 is 26.5 Å². The Morgan fingerprint density at radius 3 is 2.44 bits per heavy atom. The van der Waals surface area contributed by atoms with Crippen molar-refractivity contribution in [1.82, 2.24) is 0 Å². The predicted octanol–water partition coefficient (Wildman–Crippen LogP) is 1.81. The van der Waals surface area contributed by atoms with Crippen molar-refractivity contribution in [1.29, 1.82) is 0 Å². The molecular formula is C7H6ClN3O4S. The van der Waals surface area contributed by atoms with Gasteiger partial charge in [-0.15, -0.1) is 12.4 Å². The van der Waals surface area contributed by atoms with Gasteiger partial charge in [-0.05, 0) is 17.7 Å². The van der Waals surface area contributed by atoms with Crippen LogP contribution in [0.4, 0.5) is 0 Å². The molecule has 0 unspecified atom stereocenters. The summed E-state index contributed by atoms with van der Waals surface area (Å²) in [4.78, 5) is 12.3. The highest BCUT2D eigenvalue weighted by molar-refractivity contribution is 7.90. The number of hydrogen-bond donors (Lipinski definition) is 1. The lowest BCUT2D eigenvalue weighted by molar-refractivity contribution is 0.0692. The van der Waals surface area contributed by atoms with Gasteiger partial charge in [0.05, 0.1) is 10.5 Å². The normalized spacial score (nSPS) is 9.75. The van der Waals surface area contributed by atoms with Gasteiger partial charge in [-0.3, -0.25) is 0 Å². The largest absolute Gasteiger partial charge is 0.478 e. The molecule has 1 aromatic carbocycles. The molecule has 0 atom stereocenters. The molecular weight excluding hydrogens is 258 g/mol. The van der Waals surface area contributed by atoms with Crippen LogP contribution >= 0.6 is 12.4 Å². The number of carboxylic acid groups (broad SMARTS) is 1. The average molecular weight is 264 g/mol. The molecule has 0 saturated heterocycles. The number of aromatic carboxylic acids is 1. The summed E-state index contributed by atoms with van der Waals surface area (Å²) in [5.41, 5.74) is 7.60. The maximum absolute atomic E-state index is 11.3. The summed E-state index contributed by atoms with van der Waals surface area (Å²) in [6, 6.07) is 4.89. The van der Waals surface area contributed by atoms with E-state index in [0.717, 1.165) is 12.1 Å². The van der Waals surface area contributed by atoms with Gasteiger partial charge in [0.25, 0.3) is 10.0 Å². The van der Waals surface area contributed by atoms with Crippen LogP contribution in [-0.4, -0.2) is 19.5 Å². The molecule has 0 aliphatic rings. The second-order valence-corrected chi connectivity index (χ2v) is 4.00. The topological polar surface area (TPSA) is 120 Å². The van der Waals surface area contributed by atoms with Crippen molar-refractivity contribution in [3.8, 4) is 0 Å². The Hall–Kier alpha value is -1.76. The molecule has 0 aliphatic heterocycles. The smallest absolute Gasteiger partial charge is 0.337 e. The van der Waals surface area contributed by atoms with E-state index in [9.17, 15) is 13.2 Å². The van der Waals surface area contributed by atoms with E-state index in [4.69, 9.17) is 10.6 Å². The van der Waals surface area contributed by atoms with Crippen molar-refractivity contribution in [3.05, 3.63) is 40.3 Å². The van der Waals surface area contributed by atoms with Gasteiger partial charge in [-0.25, -0.2) is 13.2 Å². The lowest BCUT2D eigenvalue weighted by Crippen LogP contribution is -2.06. The van der Waals surface area contributed by atoms with Crippen molar-refractivity contribution < 1.29 is 18.3 Å². The number of carboxylic acids is 1. The van der Waals surface area contributed by atoms with Crippen molar-refractivity contribution in [2.45, 2.75) is 4.90 Å². The van der Waals surface area contributed by atoms with Crippen LogP contribution in [0.1, 0.15) is 10.4 Å². The van der Waals surface area contributed by atoms with Gasteiger partial charge in [0.2, 0.25) is 0 Å². The second kappa shape index (κ2) is 5.36. The van der Waals surface area contributed by atoms with Gasteiger partial charge >= 0.3 is 5.97 Å². The maximum atomic E-state index is 11.3. The first kappa shape index (κ1) is 14.2. The van der Waals surface area contributed by atoms with Crippen molar-refractivity contribution >= 4 is 28.4 Å². The summed E-state index contributed by atoms with van der Waals surface area (Å²) in [6.07, 6.45) is 0. The minimum absolute atomic E-state index is 0. The summed E-state index contributed by atoms with van der Waals surface area (Å²) in [7, 11) is -4.26. The first-order valence-electron chi connectivity index (χ1n) is 3.63. The third-order valence-corrected chi connectivity index (χ3v) is 2.74. The molecule has 0 spiro atoms. The van der Waals surface area contributed by atoms with Gasteiger partial charge in [-0.2, -0.15) is 0 Å². The number of nitrogens with zero attached hydrogens (tertiary/aromatic N) is 3. The molecule has 0 radical (unpaired) electrons. The molecule has 9 heteroatoms. The highest BCUT2D eigenvalue weighted by atomic mass is 35.5. The van der Waals surface area contributed by atoms with Crippen LogP contribution < -0.4 is 0 Å². The molecule has 0 saturated carbocycles. The van der Waals surface area contributed by atoms with Crippen molar-refractivity contribution in [3.63, 3.8) is 0 Å². The number of carbonyl (C=O) groups is 1. The fourth-order valence-corrected chi connectivity index (χ4v) is 1.83. The Morgan fingerprint density at radius 1 is 1.38 bits per heavy atom. The molecule has 0 amide bonds. The highest BCUT2D eigenvalue weighted by Crippen LogP contribution is 2.17. The zero-order chi connectivity index (χ0) is 11.5. The van der Waals surface area contributed by atoms with Crippen LogP contribution in [0, 0.1) is 0 Å². The molecule has 1 N–H and O–H groups in total. The summed E-state index contributed by atoms with van der Waals surface area (Å²) < 4.78 is 25.1. The molecule has 0 heterocycles. The predicted molar refractivity (Wildman–Crippen MR) is 57.0 cm³/mol. The Bertz CT molecular complexity index is 551. The number of hydrogen-bond acceptors (Lipinski definition) is 3. The average Bonchev–Trinajstić information content (AvgIpc) is 2.17. The van der Waals surface area contributed by atoms with Gasteiger partial charge in [0.1, 0.15) is 0 Å². The minimum Gasteiger partial charge on any atom is -0.478 e. The SMILES string of the molecule is Cl.[N-]=[N+]=NS(=O)(=O)c1ccccc1C(=O)O. The number of sulfonamides is 1. The van der Waals surface area contributed by atoms with Crippen molar-refractivity contribution in [2.75, 3.05) is 0 Å².